The predicted molar refractivity (Wildman–Crippen MR) is 127 cm³/mol. The van der Waals surface area contributed by atoms with Crippen LogP contribution in [0.1, 0.15) is 56.1 Å². The predicted octanol–water partition coefficient (Wildman–Crippen LogP) is 3.61. The lowest BCUT2D eigenvalue weighted by molar-refractivity contribution is -0.131. The number of piperazine rings is 1. The van der Waals surface area contributed by atoms with Crippen molar-refractivity contribution in [3.63, 3.8) is 0 Å². The van der Waals surface area contributed by atoms with E-state index in [1.54, 1.807) is 0 Å². The van der Waals surface area contributed by atoms with E-state index in [4.69, 9.17) is 0 Å². The van der Waals surface area contributed by atoms with Gasteiger partial charge in [-0.05, 0) is 87.3 Å². The van der Waals surface area contributed by atoms with Gasteiger partial charge in [0.15, 0.2) is 0 Å². The molecular formula is C26H38N4O2. The first-order chi connectivity index (χ1) is 15.4. The summed E-state index contributed by atoms with van der Waals surface area (Å²) in [7, 11) is 0. The molecule has 1 aliphatic heterocycles. The van der Waals surface area contributed by atoms with Crippen LogP contribution >= 0.6 is 0 Å². The highest BCUT2D eigenvalue weighted by atomic mass is 16.2. The molecule has 0 unspecified atom stereocenters. The summed E-state index contributed by atoms with van der Waals surface area (Å²) >= 11 is 0. The number of benzene rings is 1. The first-order valence-electron chi connectivity index (χ1n) is 12.6. The van der Waals surface area contributed by atoms with Gasteiger partial charge in [0, 0.05) is 50.4 Å². The van der Waals surface area contributed by atoms with Gasteiger partial charge in [-0.1, -0.05) is 12.1 Å². The van der Waals surface area contributed by atoms with Crippen molar-refractivity contribution < 1.29 is 9.59 Å². The normalized spacial score (nSPS) is 31.0. The number of aryl methyl sites for hydroxylation is 1. The van der Waals surface area contributed by atoms with Crippen molar-refractivity contribution in [1.29, 1.82) is 0 Å². The number of carbonyl (C=O) groups is 2. The van der Waals surface area contributed by atoms with E-state index >= 15 is 0 Å². The molecule has 2 N–H and O–H groups in total. The molecule has 32 heavy (non-hydrogen) atoms. The highest BCUT2D eigenvalue weighted by Crippen LogP contribution is 2.55. The van der Waals surface area contributed by atoms with Gasteiger partial charge in [0.25, 0.3) is 0 Å². The second-order valence-corrected chi connectivity index (χ2v) is 10.9. The zero-order valence-electron chi connectivity index (χ0n) is 19.7. The van der Waals surface area contributed by atoms with Crippen molar-refractivity contribution >= 4 is 17.6 Å². The molecule has 6 heteroatoms. The van der Waals surface area contributed by atoms with Crippen LogP contribution in [0.5, 0.6) is 0 Å². The summed E-state index contributed by atoms with van der Waals surface area (Å²) in [4.78, 5) is 29.6. The van der Waals surface area contributed by atoms with E-state index in [0.717, 1.165) is 63.2 Å². The maximum Gasteiger partial charge on any atom is 0.315 e. The Morgan fingerprint density at radius 3 is 2.22 bits per heavy atom. The van der Waals surface area contributed by atoms with E-state index in [1.807, 2.05) is 4.90 Å². The Hall–Kier alpha value is -2.24. The fraction of sp³-hybridized carbons (Fsp3) is 0.692. The van der Waals surface area contributed by atoms with Crippen molar-refractivity contribution in [3.05, 3.63) is 29.3 Å². The van der Waals surface area contributed by atoms with Crippen LogP contribution in [0.2, 0.25) is 0 Å². The van der Waals surface area contributed by atoms with E-state index in [0.29, 0.717) is 13.0 Å². The first-order valence-corrected chi connectivity index (χ1v) is 12.6. The average Bonchev–Trinajstić information content (AvgIpc) is 2.74. The average molecular weight is 439 g/mol. The number of hydrogen-bond acceptors (Lipinski definition) is 3. The first kappa shape index (κ1) is 21.6. The Labute approximate surface area is 192 Å². The highest BCUT2D eigenvalue weighted by molar-refractivity contribution is 5.79. The monoisotopic (exact) mass is 438 g/mol. The molecule has 5 aliphatic rings. The number of carbonyl (C=O) groups excluding carboxylic acids is 2. The molecular weight excluding hydrogens is 400 g/mol. The van der Waals surface area contributed by atoms with Crippen molar-refractivity contribution in [2.24, 2.45) is 17.8 Å². The Morgan fingerprint density at radius 2 is 1.59 bits per heavy atom. The molecule has 4 aliphatic carbocycles. The van der Waals surface area contributed by atoms with Crippen molar-refractivity contribution in [2.45, 2.75) is 64.3 Å². The molecule has 0 spiro atoms. The van der Waals surface area contributed by atoms with Crippen LogP contribution in [0.4, 0.5) is 10.5 Å². The fourth-order valence-corrected chi connectivity index (χ4v) is 7.26. The molecule has 0 atom stereocenters. The van der Waals surface area contributed by atoms with E-state index in [-0.39, 0.29) is 17.5 Å². The van der Waals surface area contributed by atoms with Crippen molar-refractivity contribution in [1.82, 2.24) is 15.5 Å². The summed E-state index contributed by atoms with van der Waals surface area (Å²) in [5, 5.41) is 6.30. The molecule has 1 aromatic carbocycles. The molecule has 4 saturated carbocycles. The second kappa shape index (κ2) is 8.60. The number of rotatable bonds is 5. The fourth-order valence-electron chi connectivity index (χ4n) is 7.26. The Morgan fingerprint density at radius 1 is 0.969 bits per heavy atom. The minimum absolute atomic E-state index is 0.0209. The minimum Gasteiger partial charge on any atom is -0.368 e. The van der Waals surface area contributed by atoms with Gasteiger partial charge < -0.3 is 20.4 Å². The van der Waals surface area contributed by atoms with Crippen LogP contribution < -0.4 is 15.5 Å². The van der Waals surface area contributed by atoms with Crippen molar-refractivity contribution in [2.75, 3.05) is 37.6 Å². The lowest BCUT2D eigenvalue weighted by Crippen LogP contribution is -2.61. The summed E-state index contributed by atoms with van der Waals surface area (Å²) in [6.07, 6.45) is 7.93. The van der Waals surface area contributed by atoms with Gasteiger partial charge in [0.1, 0.15) is 0 Å². The van der Waals surface area contributed by atoms with Crippen LogP contribution in [0.3, 0.4) is 0 Å². The van der Waals surface area contributed by atoms with Gasteiger partial charge in [-0.2, -0.15) is 0 Å². The van der Waals surface area contributed by atoms with Gasteiger partial charge in [-0.15, -0.1) is 0 Å². The molecule has 0 radical (unpaired) electrons. The van der Waals surface area contributed by atoms with Gasteiger partial charge in [-0.25, -0.2) is 4.79 Å². The number of nitrogens with zero attached hydrogens (tertiary/aromatic N) is 2. The zero-order valence-corrected chi connectivity index (χ0v) is 19.7. The van der Waals surface area contributed by atoms with Crippen LogP contribution in [0, 0.1) is 31.6 Å². The second-order valence-electron chi connectivity index (χ2n) is 10.9. The number of hydrogen-bond donors (Lipinski definition) is 2. The Bertz CT molecular complexity index is 839. The van der Waals surface area contributed by atoms with Gasteiger partial charge in [0.2, 0.25) is 5.91 Å². The molecule has 1 aromatic rings. The van der Waals surface area contributed by atoms with Gasteiger partial charge in [-0.3, -0.25) is 4.79 Å². The lowest BCUT2D eigenvalue weighted by atomic mass is 9.53. The minimum atomic E-state index is -0.0838. The van der Waals surface area contributed by atoms with Crippen molar-refractivity contribution in [3.8, 4) is 0 Å². The topological polar surface area (TPSA) is 64.7 Å². The summed E-state index contributed by atoms with van der Waals surface area (Å²) in [6, 6.07) is 6.34. The molecule has 0 aromatic heterocycles. The quantitative estimate of drug-likeness (QED) is 0.738. The molecule has 5 fully saturated rings. The lowest BCUT2D eigenvalue weighted by Gasteiger charge is -2.56. The molecule has 3 amide bonds. The SMILES string of the molecule is Cc1cccc(N2CCN(C(=O)CCNC(=O)NC34CC5CC(CC(C5)C3)C4)CC2)c1C. The zero-order chi connectivity index (χ0) is 22.3. The molecule has 6 rings (SSSR count). The third-order valence-electron chi connectivity index (χ3n) is 8.59. The van der Waals surface area contributed by atoms with Crippen LogP contribution in [0.15, 0.2) is 18.2 Å². The largest absolute Gasteiger partial charge is 0.368 e. The van der Waals surface area contributed by atoms with E-state index in [9.17, 15) is 9.59 Å². The highest BCUT2D eigenvalue weighted by Gasteiger charge is 2.51. The summed E-state index contributed by atoms with van der Waals surface area (Å²) < 4.78 is 0. The number of amides is 3. The Balaban J connectivity index is 1.05. The maximum absolute atomic E-state index is 12.7. The van der Waals surface area contributed by atoms with E-state index in [2.05, 4.69) is 47.6 Å². The van der Waals surface area contributed by atoms with Gasteiger partial charge in [0.05, 0.1) is 0 Å². The summed E-state index contributed by atoms with van der Waals surface area (Å²) in [6.45, 7) is 7.92. The van der Waals surface area contributed by atoms with Crippen LogP contribution in [-0.4, -0.2) is 55.1 Å². The number of nitrogens with one attached hydrogen (secondary N) is 2. The van der Waals surface area contributed by atoms with E-state index < -0.39 is 0 Å². The van der Waals surface area contributed by atoms with Crippen LogP contribution in [0.25, 0.3) is 0 Å². The third kappa shape index (κ3) is 4.33. The smallest absolute Gasteiger partial charge is 0.315 e. The van der Waals surface area contributed by atoms with E-state index in [1.165, 1.54) is 36.1 Å². The Kier molecular flexibility index (Phi) is 5.81. The molecule has 6 nitrogen and oxygen atoms in total. The standard InChI is InChI=1S/C26H38N4O2/c1-18-4-3-5-23(19(18)2)29-8-10-30(11-9-29)24(31)6-7-27-25(32)28-26-15-20-12-21(16-26)14-22(13-20)17-26/h3-5,20-22H,6-17H2,1-2H3,(H2,27,28,32). The molecule has 4 bridgehead atoms. The molecule has 174 valence electrons. The maximum atomic E-state index is 12.7. The van der Waals surface area contributed by atoms with Gasteiger partial charge >= 0.3 is 6.03 Å². The summed E-state index contributed by atoms with van der Waals surface area (Å²) in [5.41, 5.74) is 3.92. The summed E-state index contributed by atoms with van der Waals surface area (Å²) in [5.74, 6) is 2.57. The number of urea groups is 1. The molecule has 1 heterocycles. The third-order valence-corrected chi connectivity index (χ3v) is 8.59. The number of anilines is 1. The molecule has 1 saturated heterocycles. The van der Waals surface area contributed by atoms with Crippen LogP contribution in [-0.2, 0) is 4.79 Å².